The Morgan fingerprint density at radius 2 is 1.67 bits per heavy atom. The Labute approximate surface area is 234 Å². The quantitative estimate of drug-likeness (QED) is 0.289. The highest BCUT2D eigenvalue weighted by atomic mass is 35.5. The smallest absolute Gasteiger partial charge is 0.238 e. The van der Waals surface area contributed by atoms with Gasteiger partial charge in [-0.15, -0.1) is 11.3 Å². The first-order valence-corrected chi connectivity index (χ1v) is 14.0. The van der Waals surface area contributed by atoms with Crippen molar-refractivity contribution < 1.29 is 14.4 Å². The van der Waals surface area contributed by atoms with E-state index in [0.717, 1.165) is 22.4 Å². The monoisotopic (exact) mass is 550 g/mol. The van der Waals surface area contributed by atoms with Gasteiger partial charge in [0.05, 0.1) is 21.9 Å². The van der Waals surface area contributed by atoms with E-state index in [0.29, 0.717) is 21.2 Å². The molecule has 0 unspecified atom stereocenters. The number of hydrogen-bond acceptors (Lipinski definition) is 5. The number of Topliss-reactive ketones (excluding diaryl/α,β-unsaturated/α-hetero) is 2. The lowest BCUT2D eigenvalue weighted by atomic mass is 9.64. The first-order chi connectivity index (χ1) is 18.9. The maximum absolute atomic E-state index is 14.6. The van der Waals surface area contributed by atoms with Crippen molar-refractivity contribution >= 4 is 57.4 Å². The van der Waals surface area contributed by atoms with E-state index in [9.17, 15) is 14.4 Å². The van der Waals surface area contributed by atoms with E-state index >= 15 is 0 Å². The summed E-state index contributed by atoms with van der Waals surface area (Å²) in [6.07, 6.45) is 2.05. The summed E-state index contributed by atoms with van der Waals surface area (Å²) < 4.78 is 0. The second-order valence-corrected chi connectivity index (χ2v) is 11.6. The number of fused-ring (bicyclic) bond motifs is 6. The largest absolute Gasteiger partial charge is 0.352 e. The molecule has 1 spiro atoms. The Morgan fingerprint density at radius 1 is 0.923 bits per heavy atom. The van der Waals surface area contributed by atoms with Gasteiger partial charge in [-0.3, -0.25) is 14.4 Å². The zero-order valence-corrected chi connectivity index (χ0v) is 22.5. The number of thiophene rings is 1. The highest BCUT2D eigenvalue weighted by Crippen LogP contribution is 2.59. The van der Waals surface area contributed by atoms with Crippen molar-refractivity contribution in [2.45, 2.75) is 24.4 Å². The molecule has 192 valence electrons. The molecule has 0 radical (unpaired) electrons. The fourth-order valence-electron chi connectivity index (χ4n) is 6.78. The van der Waals surface area contributed by atoms with E-state index in [1.165, 1.54) is 11.3 Å². The van der Waals surface area contributed by atoms with Crippen molar-refractivity contribution in [2.24, 2.45) is 5.92 Å². The lowest BCUT2D eigenvalue weighted by Gasteiger charge is -2.39. The summed E-state index contributed by atoms with van der Waals surface area (Å²) in [5.41, 5.74) is 3.20. The third-order valence-corrected chi connectivity index (χ3v) is 9.55. The molecule has 1 N–H and O–H groups in total. The van der Waals surface area contributed by atoms with Crippen molar-refractivity contribution in [3.05, 3.63) is 123 Å². The molecule has 1 amide bonds. The number of hydrogen-bond donors (Lipinski definition) is 1. The molecule has 7 heteroatoms. The Bertz CT molecular complexity index is 1710. The van der Waals surface area contributed by atoms with Crippen molar-refractivity contribution in [3.63, 3.8) is 0 Å². The fourth-order valence-corrected chi connectivity index (χ4v) is 7.71. The lowest BCUT2D eigenvalue weighted by molar-refractivity contribution is -0.121. The number of benzene rings is 3. The van der Waals surface area contributed by atoms with E-state index in [4.69, 9.17) is 11.6 Å². The summed E-state index contributed by atoms with van der Waals surface area (Å²) in [6, 6.07) is 24.3. The van der Waals surface area contributed by atoms with Gasteiger partial charge in [0.15, 0.2) is 11.6 Å². The first kappa shape index (κ1) is 24.1. The van der Waals surface area contributed by atoms with Crippen LogP contribution in [0.3, 0.4) is 0 Å². The van der Waals surface area contributed by atoms with Crippen LogP contribution >= 0.6 is 22.9 Å². The molecule has 0 aliphatic carbocycles. The maximum Gasteiger partial charge on any atom is 0.238 e. The molecule has 3 aliphatic heterocycles. The maximum atomic E-state index is 14.6. The van der Waals surface area contributed by atoms with Crippen LogP contribution in [0.4, 0.5) is 11.4 Å². The van der Waals surface area contributed by atoms with E-state index in [1.54, 1.807) is 30.3 Å². The molecular formula is C32H23ClN2O3S. The number of rotatable bonds is 4. The highest BCUT2D eigenvalue weighted by Gasteiger charge is 2.70. The predicted octanol–water partition coefficient (Wildman–Crippen LogP) is 6.65. The minimum absolute atomic E-state index is 0.222. The normalized spacial score (nSPS) is 24.6. The summed E-state index contributed by atoms with van der Waals surface area (Å²) in [4.78, 5) is 46.1. The Balaban J connectivity index is 1.57. The topological polar surface area (TPSA) is 66.5 Å². The molecule has 1 aromatic heterocycles. The van der Waals surface area contributed by atoms with Gasteiger partial charge in [-0.1, -0.05) is 72.3 Å². The first-order valence-electron chi connectivity index (χ1n) is 12.8. The summed E-state index contributed by atoms with van der Waals surface area (Å²) in [5.74, 6) is -1.77. The molecule has 1 saturated heterocycles. The lowest BCUT2D eigenvalue weighted by Crippen LogP contribution is -2.51. The summed E-state index contributed by atoms with van der Waals surface area (Å²) in [5, 5.41) is 5.22. The zero-order chi connectivity index (χ0) is 26.9. The van der Waals surface area contributed by atoms with Crippen LogP contribution in [0, 0.1) is 5.92 Å². The molecule has 7 rings (SSSR count). The number of allylic oxidation sites excluding steroid dienone is 1. The second kappa shape index (κ2) is 8.76. The van der Waals surface area contributed by atoms with Crippen molar-refractivity contribution in [1.82, 2.24) is 0 Å². The molecule has 4 heterocycles. The molecule has 0 bridgehead atoms. The SMILES string of the molecule is CC1=C[C@@H]2N(c3ccccc31)[C@@H](C(=O)c1ccccc1Cl)[C@@H](C(=O)c1cccs1)[C@]21C(=O)Nc2ccccc21. The molecule has 5 nitrogen and oxygen atoms in total. The Kier molecular flexibility index (Phi) is 5.41. The number of nitrogens with one attached hydrogen (secondary N) is 1. The van der Waals surface area contributed by atoms with Gasteiger partial charge < -0.3 is 10.2 Å². The minimum atomic E-state index is -1.33. The number of amides is 1. The third-order valence-electron chi connectivity index (χ3n) is 8.34. The van der Waals surface area contributed by atoms with Crippen LogP contribution in [0.25, 0.3) is 5.57 Å². The molecule has 0 saturated carbocycles. The number of nitrogens with zero attached hydrogens (tertiary/aromatic N) is 1. The average Bonchev–Trinajstić information content (AvgIpc) is 3.66. The van der Waals surface area contributed by atoms with Crippen LogP contribution in [-0.4, -0.2) is 29.6 Å². The van der Waals surface area contributed by atoms with Gasteiger partial charge in [0.2, 0.25) is 5.91 Å². The molecule has 1 fully saturated rings. The fraction of sp³-hybridized carbons (Fsp3) is 0.156. The highest BCUT2D eigenvalue weighted by molar-refractivity contribution is 7.12. The van der Waals surface area contributed by atoms with Crippen LogP contribution in [0.1, 0.15) is 38.1 Å². The standard InChI is InChI=1S/C32H23ClN2O3S/c1-18-17-26-32(21-11-4-6-13-23(21)34-31(32)38)27(30(37)25-15-8-16-39-25)28(29(36)20-10-2-5-12-22(20)33)35(26)24-14-7-3-9-19(18)24/h2-17,26-28H,1H3,(H,34,38)/t26-,27-,28+,32+/m0/s1. The molecule has 39 heavy (non-hydrogen) atoms. The number of carbonyl (C=O) groups excluding carboxylic acids is 3. The zero-order valence-electron chi connectivity index (χ0n) is 20.9. The number of ketones is 2. The number of anilines is 2. The van der Waals surface area contributed by atoms with Gasteiger partial charge in [-0.2, -0.15) is 0 Å². The predicted molar refractivity (Wildman–Crippen MR) is 155 cm³/mol. The number of carbonyl (C=O) groups is 3. The van der Waals surface area contributed by atoms with Crippen molar-refractivity contribution in [3.8, 4) is 0 Å². The van der Waals surface area contributed by atoms with Gasteiger partial charge in [-0.25, -0.2) is 0 Å². The van der Waals surface area contributed by atoms with Crippen molar-refractivity contribution in [1.29, 1.82) is 0 Å². The van der Waals surface area contributed by atoms with Gasteiger partial charge in [0, 0.05) is 22.5 Å². The molecule has 4 atom stereocenters. The number of para-hydroxylation sites is 2. The molecule has 4 aromatic rings. The van der Waals surface area contributed by atoms with E-state index in [2.05, 4.69) is 11.4 Å². The Hall–Kier alpha value is -4.00. The van der Waals surface area contributed by atoms with Crippen LogP contribution in [0.2, 0.25) is 5.02 Å². The molecule has 3 aromatic carbocycles. The minimum Gasteiger partial charge on any atom is -0.352 e. The summed E-state index contributed by atoms with van der Waals surface area (Å²) >= 11 is 7.89. The third kappa shape index (κ3) is 3.22. The van der Waals surface area contributed by atoms with Crippen LogP contribution in [0.15, 0.2) is 96.4 Å². The molecule has 3 aliphatic rings. The van der Waals surface area contributed by atoms with Gasteiger partial charge >= 0.3 is 0 Å². The van der Waals surface area contributed by atoms with Crippen LogP contribution in [0.5, 0.6) is 0 Å². The summed E-state index contributed by atoms with van der Waals surface area (Å²) in [7, 11) is 0. The summed E-state index contributed by atoms with van der Waals surface area (Å²) in [6.45, 7) is 2.02. The Morgan fingerprint density at radius 3 is 2.46 bits per heavy atom. The van der Waals surface area contributed by atoms with E-state index in [-0.39, 0.29) is 17.5 Å². The second-order valence-electron chi connectivity index (χ2n) is 10.2. The van der Waals surface area contributed by atoms with E-state index in [1.807, 2.05) is 71.8 Å². The van der Waals surface area contributed by atoms with Gasteiger partial charge in [0.1, 0.15) is 11.5 Å². The van der Waals surface area contributed by atoms with Crippen LogP contribution < -0.4 is 10.2 Å². The number of halogens is 1. The van der Waals surface area contributed by atoms with Crippen LogP contribution in [-0.2, 0) is 10.2 Å². The van der Waals surface area contributed by atoms with Gasteiger partial charge in [0.25, 0.3) is 0 Å². The average molecular weight is 551 g/mol. The molecular weight excluding hydrogens is 528 g/mol. The van der Waals surface area contributed by atoms with Crippen molar-refractivity contribution in [2.75, 3.05) is 10.2 Å². The van der Waals surface area contributed by atoms with Gasteiger partial charge in [-0.05, 0) is 53.8 Å². The van der Waals surface area contributed by atoms with E-state index < -0.39 is 23.4 Å².